The molecule has 0 bridgehead atoms. The first kappa shape index (κ1) is 31.4. The Bertz CT molecular complexity index is 1320. The zero-order chi connectivity index (χ0) is 29.9. The molecule has 0 aliphatic rings. The van der Waals surface area contributed by atoms with Gasteiger partial charge in [0, 0.05) is 55.2 Å². The Morgan fingerprint density at radius 3 is 2.29 bits per heavy atom. The van der Waals surface area contributed by atoms with Gasteiger partial charge in [-0.3, -0.25) is 14.4 Å². The van der Waals surface area contributed by atoms with Crippen LogP contribution in [0.5, 0.6) is 5.75 Å². The number of amides is 3. The molecule has 41 heavy (non-hydrogen) atoms. The van der Waals surface area contributed by atoms with Gasteiger partial charge in [-0.15, -0.1) is 0 Å². The number of carbonyl (C=O) groups excluding carboxylic acids is 3. The molecule has 1 aromatic heterocycles. The Morgan fingerprint density at radius 1 is 1.00 bits per heavy atom. The zero-order valence-corrected chi connectivity index (χ0v) is 23.9. The molecule has 0 saturated heterocycles. The van der Waals surface area contributed by atoms with E-state index in [0.29, 0.717) is 44.0 Å². The molecule has 1 heterocycles. The highest BCUT2D eigenvalue weighted by Gasteiger charge is 2.33. The number of nitrogens with zero attached hydrogens (tertiary/aromatic N) is 1. The molecule has 0 unspecified atom stereocenters. The second-order valence-corrected chi connectivity index (χ2v) is 9.95. The summed E-state index contributed by atoms with van der Waals surface area (Å²) in [5, 5.41) is 14.8. The monoisotopic (exact) mass is 564 g/mol. The number of aliphatic hydroxyl groups excluding tert-OH is 1. The van der Waals surface area contributed by atoms with Crippen molar-refractivity contribution in [3.05, 3.63) is 88.4 Å². The van der Waals surface area contributed by atoms with Gasteiger partial charge in [-0.05, 0) is 60.4 Å². The second-order valence-electron chi connectivity index (χ2n) is 9.95. The fourth-order valence-electron chi connectivity index (χ4n) is 4.97. The molecular weight excluding hydrogens is 524 g/mol. The third-order valence-electron chi connectivity index (χ3n) is 6.89. The smallest absolute Gasteiger partial charge is 0.254 e. The Labute approximate surface area is 240 Å². The van der Waals surface area contributed by atoms with Crippen molar-refractivity contribution in [1.82, 2.24) is 10.2 Å². The van der Waals surface area contributed by atoms with E-state index in [9.17, 15) is 19.5 Å². The van der Waals surface area contributed by atoms with Crippen LogP contribution in [0.3, 0.4) is 0 Å². The summed E-state index contributed by atoms with van der Waals surface area (Å²) in [6.45, 7) is 5.45. The van der Waals surface area contributed by atoms with Gasteiger partial charge in [0.15, 0.2) is 0 Å². The number of primary amides is 2. The summed E-state index contributed by atoms with van der Waals surface area (Å²) in [5.74, 6) is -1.52. The maximum absolute atomic E-state index is 14.0. The number of nitrogens with one attached hydrogen (secondary N) is 1. The number of ether oxygens (including phenoxy) is 1. The summed E-state index contributed by atoms with van der Waals surface area (Å²) in [6.07, 6.45) is 2.05. The number of furan rings is 1. The summed E-state index contributed by atoms with van der Waals surface area (Å²) in [7, 11) is 1.59. The molecule has 220 valence electrons. The van der Waals surface area contributed by atoms with Crippen LogP contribution in [-0.2, 0) is 13.0 Å². The van der Waals surface area contributed by atoms with Crippen molar-refractivity contribution >= 4 is 17.7 Å². The SMILES string of the molecule is CCCN(CCC)C(=O)c1cc(C(N)=O)cc(C(N)=O)c1[C@H](Cc1ccco1)[C@@H](O)CNCc1cccc(OC)c1. The largest absolute Gasteiger partial charge is 0.497 e. The van der Waals surface area contributed by atoms with E-state index in [-0.39, 0.29) is 41.1 Å². The third kappa shape index (κ3) is 8.18. The van der Waals surface area contributed by atoms with E-state index in [1.807, 2.05) is 38.1 Å². The number of methoxy groups -OCH3 is 1. The molecule has 3 amide bonds. The van der Waals surface area contributed by atoms with Crippen molar-refractivity contribution in [2.45, 2.75) is 51.7 Å². The number of nitrogens with two attached hydrogens (primary N) is 2. The minimum atomic E-state index is -1.07. The lowest BCUT2D eigenvalue weighted by molar-refractivity contribution is 0.0751. The maximum atomic E-state index is 14.0. The van der Waals surface area contributed by atoms with Crippen LogP contribution in [0.2, 0.25) is 0 Å². The standard InChI is InChI=1S/C31H40N4O6/c1-4-11-35(12-5-2)31(39)26-16-21(29(32)37)15-25(30(33)38)28(26)24(17-23-10-7-13-41-23)27(36)19-34-18-20-8-6-9-22(14-20)40-3/h6-10,13-16,24,27,34,36H,4-5,11-12,17-19H2,1-3H3,(H2,32,37)(H2,33,38)/t24-,27+/m1/s1. The first-order valence-electron chi connectivity index (χ1n) is 13.8. The van der Waals surface area contributed by atoms with E-state index in [4.69, 9.17) is 20.6 Å². The van der Waals surface area contributed by atoms with E-state index in [0.717, 1.165) is 5.56 Å². The second kappa shape index (κ2) is 15.0. The average Bonchev–Trinajstić information content (AvgIpc) is 3.48. The Morgan fingerprint density at radius 2 is 1.71 bits per heavy atom. The van der Waals surface area contributed by atoms with Gasteiger partial charge in [0.05, 0.1) is 19.5 Å². The summed E-state index contributed by atoms with van der Waals surface area (Å²) in [6, 6.07) is 13.7. The quantitative estimate of drug-likeness (QED) is 0.208. The fraction of sp³-hybridized carbons (Fsp3) is 0.387. The van der Waals surface area contributed by atoms with Crippen LogP contribution in [0.15, 0.2) is 59.2 Å². The molecule has 2 aromatic carbocycles. The molecule has 10 nitrogen and oxygen atoms in total. The summed E-state index contributed by atoms with van der Waals surface area (Å²) in [4.78, 5) is 40.7. The highest BCUT2D eigenvalue weighted by Crippen LogP contribution is 2.33. The van der Waals surface area contributed by atoms with Crippen LogP contribution in [0.4, 0.5) is 0 Å². The highest BCUT2D eigenvalue weighted by atomic mass is 16.5. The lowest BCUT2D eigenvalue weighted by Gasteiger charge is -2.29. The molecule has 10 heteroatoms. The van der Waals surface area contributed by atoms with E-state index in [1.54, 1.807) is 24.1 Å². The van der Waals surface area contributed by atoms with E-state index in [2.05, 4.69) is 5.32 Å². The Kier molecular flexibility index (Phi) is 11.5. The lowest BCUT2D eigenvalue weighted by Crippen LogP contribution is -2.38. The Hall–Kier alpha value is -4.15. The van der Waals surface area contributed by atoms with Crippen molar-refractivity contribution in [3.8, 4) is 5.75 Å². The van der Waals surface area contributed by atoms with Gasteiger partial charge in [-0.1, -0.05) is 26.0 Å². The van der Waals surface area contributed by atoms with E-state index >= 15 is 0 Å². The van der Waals surface area contributed by atoms with Gasteiger partial charge < -0.3 is 35.9 Å². The van der Waals surface area contributed by atoms with Crippen LogP contribution in [0.25, 0.3) is 0 Å². The molecule has 0 aliphatic heterocycles. The number of benzene rings is 2. The lowest BCUT2D eigenvalue weighted by atomic mass is 9.81. The van der Waals surface area contributed by atoms with Gasteiger partial charge in [0.25, 0.3) is 5.91 Å². The van der Waals surface area contributed by atoms with E-state index < -0.39 is 23.8 Å². The molecule has 0 aliphatic carbocycles. The minimum Gasteiger partial charge on any atom is -0.497 e. The van der Waals surface area contributed by atoms with Crippen LogP contribution >= 0.6 is 0 Å². The van der Waals surface area contributed by atoms with Gasteiger partial charge in [-0.2, -0.15) is 0 Å². The minimum absolute atomic E-state index is 0.0127. The summed E-state index contributed by atoms with van der Waals surface area (Å²) < 4.78 is 10.9. The normalized spacial score (nSPS) is 12.5. The molecule has 0 radical (unpaired) electrons. The van der Waals surface area contributed by atoms with Crippen molar-refractivity contribution in [3.63, 3.8) is 0 Å². The molecule has 0 saturated carbocycles. The van der Waals surface area contributed by atoms with Gasteiger partial charge in [-0.25, -0.2) is 0 Å². The summed E-state index contributed by atoms with van der Waals surface area (Å²) >= 11 is 0. The zero-order valence-electron chi connectivity index (χ0n) is 23.9. The average molecular weight is 565 g/mol. The first-order chi connectivity index (χ1) is 19.7. The van der Waals surface area contributed by atoms with Gasteiger partial charge in [0.2, 0.25) is 11.8 Å². The van der Waals surface area contributed by atoms with Gasteiger partial charge in [0.1, 0.15) is 11.5 Å². The predicted molar refractivity (Wildman–Crippen MR) is 156 cm³/mol. The maximum Gasteiger partial charge on any atom is 0.254 e. The molecule has 0 fully saturated rings. The van der Waals surface area contributed by atoms with Crippen molar-refractivity contribution in [1.29, 1.82) is 0 Å². The molecule has 6 N–H and O–H groups in total. The number of carbonyl (C=O) groups is 3. The summed E-state index contributed by atoms with van der Waals surface area (Å²) in [5.41, 5.74) is 12.7. The number of hydrogen-bond acceptors (Lipinski definition) is 7. The van der Waals surface area contributed by atoms with E-state index in [1.165, 1.54) is 18.4 Å². The first-order valence-corrected chi connectivity index (χ1v) is 13.8. The topological polar surface area (TPSA) is 161 Å². The van der Waals surface area contributed by atoms with Crippen LogP contribution in [0.1, 0.15) is 80.6 Å². The van der Waals surface area contributed by atoms with Crippen LogP contribution in [0, 0.1) is 0 Å². The van der Waals surface area contributed by atoms with Crippen molar-refractivity contribution in [2.24, 2.45) is 11.5 Å². The van der Waals surface area contributed by atoms with Crippen molar-refractivity contribution < 1.29 is 28.6 Å². The highest BCUT2D eigenvalue weighted by molar-refractivity contribution is 6.06. The number of rotatable bonds is 16. The van der Waals surface area contributed by atoms with Gasteiger partial charge >= 0.3 is 0 Å². The molecule has 3 aromatic rings. The van der Waals surface area contributed by atoms with Crippen LogP contribution < -0.4 is 21.5 Å². The number of aliphatic hydroxyl groups is 1. The fourth-order valence-corrected chi connectivity index (χ4v) is 4.97. The third-order valence-corrected chi connectivity index (χ3v) is 6.89. The molecule has 0 spiro atoms. The van der Waals surface area contributed by atoms with Crippen molar-refractivity contribution in [2.75, 3.05) is 26.7 Å². The van der Waals surface area contributed by atoms with Crippen LogP contribution in [-0.4, -0.2) is 60.6 Å². The molecule has 3 rings (SSSR count). The molecular formula is C31H40N4O6. The Balaban J connectivity index is 2.09. The number of hydrogen-bond donors (Lipinski definition) is 4. The molecule has 2 atom stereocenters. The predicted octanol–water partition coefficient (Wildman–Crippen LogP) is 3.23.